The van der Waals surface area contributed by atoms with Crippen molar-refractivity contribution >= 4 is 17.7 Å². The van der Waals surface area contributed by atoms with Crippen molar-refractivity contribution < 1.29 is 14.3 Å². The zero-order chi connectivity index (χ0) is 22.2. The number of carbonyl (C=O) groups is 1. The van der Waals surface area contributed by atoms with Crippen LogP contribution in [0.1, 0.15) is 42.4 Å². The van der Waals surface area contributed by atoms with Crippen LogP contribution in [0, 0.1) is 0 Å². The van der Waals surface area contributed by atoms with Crippen LogP contribution >= 0.6 is 0 Å². The Hall–Kier alpha value is -3.60. The van der Waals surface area contributed by atoms with Crippen molar-refractivity contribution in [3.63, 3.8) is 0 Å². The molecule has 0 radical (unpaired) electrons. The second-order valence-electron chi connectivity index (χ2n) is 7.94. The van der Waals surface area contributed by atoms with Crippen LogP contribution in [-0.2, 0) is 11.2 Å². The largest absolute Gasteiger partial charge is 0.493 e. The minimum Gasteiger partial charge on any atom is -0.493 e. The summed E-state index contributed by atoms with van der Waals surface area (Å²) in [5.41, 5.74) is 3.48. The summed E-state index contributed by atoms with van der Waals surface area (Å²) in [5, 5.41) is 3.09. The maximum Gasteiger partial charge on any atom is 0.228 e. The number of methoxy groups -OCH3 is 1. The lowest BCUT2D eigenvalue weighted by molar-refractivity contribution is -0.119. The Bertz CT molecular complexity index is 1060. The number of amides is 1. The number of ether oxygens (including phenoxy) is 2. The Kier molecular flexibility index (Phi) is 7.18. The van der Waals surface area contributed by atoms with Crippen LogP contribution in [0.2, 0.25) is 0 Å². The molecule has 1 heterocycles. The van der Waals surface area contributed by atoms with Crippen LogP contribution in [0.5, 0.6) is 11.5 Å². The molecule has 1 aliphatic carbocycles. The van der Waals surface area contributed by atoms with E-state index in [0.29, 0.717) is 23.6 Å². The molecule has 1 saturated carbocycles. The Balaban J connectivity index is 1.63. The fourth-order valence-corrected chi connectivity index (χ4v) is 3.92. The van der Waals surface area contributed by atoms with E-state index in [1.54, 1.807) is 19.5 Å². The lowest BCUT2D eigenvalue weighted by Crippen LogP contribution is -2.23. The third-order valence-corrected chi connectivity index (χ3v) is 5.57. The number of carbonyl (C=O) groups excluding carboxylic acids is 1. The van der Waals surface area contributed by atoms with Gasteiger partial charge in [-0.1, -0.05) is 30.3 Å². The van der Waals surface area contributed by atoms with Crippen molar-refractivity contribution in [2.24, 2.45) is 0 Å². The van der Waals surface area contributed by atoms with Crippen molar-refractivity contribution in [2.75, 3.05) is 7.11 Å². The molecule has 0 spiro atoms. The van der Waals surface area contributed by atoms with E-state index in [2.05, 4.69) is 10.3 Å². The smallest absolute Gasteiger partial charge is 0.228 e. The van der Waals surface area contributed by atoms with Crippen molar-refractivity contribution in [1.82, 2.24) is 10.3 Å². The molecule has 2 aromatic carbocycles. The van der Waals surface area contributed by atoms with E-state index in [9.17, 15) is 4.79 Å². The number of aromatic nitrogens is 1. The molecule has 5 heteroatoms. The van der Waals surface area contributed by atoms with Gasteiger partial charge in [0.1, 0.15) is 0 Å². The van der Waals surface area contributed by atoms with Gasteiger partial charge in [-0.25, -0.2) is 0 Å². The van der Waals surface area contributed by atoms with Gasteiger partial charge in [-0.2, -0.15) is 0 Å². The molecule has 0 bridgehead atoms. The molecule has 1 aliphatic rings. The van der Waals surface area contributed by atoms with Gasteiger partial charge in [0, 0.05) is 23.7 Å². The third-order valence-electron chi connectivity index (χ3n) is 5.57. The van der Waals surface area contributed by atoms with Crippen LogP contribution in [0.15, 0.2) is 73.1 Å². The number of hydrogen-bond donors (Lipinski definition) is 1. The number of rotatable bonds is 8. The number of benzene rings is 2. The molecular weight excluding hydrogens is 400 g/mol. The van der Waals surface area contributed by atoms with Gasteiger partial charge in [0.2, 0.25) is 5.91 Å². The molecule has 0 aliphatic heterocycles. The summed E-state index contributed by atoms with van der Waals surface area (Å²) in [6.07, 6.45) is 10.4. The first-order valence-electron chi connectivity index (χ1n) is 11.0. The lowest BCUT2D eigenvalue weighted by atomic mass is 10.1. The van der Waals surface area contributed by atoms with Gasteiger partial charge in [-0.15, -0.1) is 0 Å². The molecule has 0 saturated heterocycles. The summed E-state index contributed by atoms with van der Waals surface area (Å²) in [6.45, 7) is 0. The van der Waals surface area contributed by atoms with Gasteiger partial charge in [-0.3, -0.25) is 9.78 Å². The van der Waals surface area contributed by atoms with Gasteiger partial charge in [-0.05, 0) is 73.2 Å². The van der Waals surface area contributed by atoms with Gasteiger partial charge in [0.05, 0.1) is 19.6 Å². The van der Waals surface area contributed by atoms with Gasteiger partial charge in [0.25, 0.3) is 0 Å². The van der Waals surface area contributed by atoms with Gasteiger partial charge in [0.15, 0.2) is 11.5 Å². The van der Waals surface area contributed by atoms with Gasteiger partial charge >= 0.3 is 0 Å². The van der Waals surface area contributed by atoms with Gasteiger partial charge < -0.3 is 14.8 Å². The molecule has 4 rings (SSSR count). The van der Waals surface area contributed by atoms with Crippen LogP contribution in [0.3, 0.4) is 0 Å². The summed E-state index contributed by atoms with van der Waals surface area (Å²) in [4.78, 5) is 16.9. The SMILES string of the molecule is COc1ccc(C(=Cc2ccncc2)NC(=O)Cc2ccccc2)cc1OC1CCCC1. The zero-order valence-electron chi connectivity index (χ0n) is 18.3. The predicted octanol–water partition coefficient (Wildman–Crippen LogP) is 5.27. The summed E-state index contributed by atoms with van der Waals surface area (Å²) in [6, 6.07) is 19.3. The van der Waals surface area contributed by atoms with Crippen LogP contribution in [0.25, 0.3) is 11.8 Å². The number of nitrogens with one attached hydrogen (secondary N) is 1. The Morgan fingerprint density at radius 3 is 2.50 bits per heavy atom. The van der Waals surface area contributed by atoms with E-state index in [4.69, 9.17) is 9.47 Å². The highest BCUT2D eigenvalue weighted by atomic mass is 16.5. The first-order valence-corrected chi connectivity index (χ1v) is 11.0. The van der Waals surface area contributed by atoms with Crippen molar-refractivity contribution in [3.8, 4) is 11.5 Å². The molecule has 32 heavy (non-hydrogen) atoms. The minimum atomic E-state index is -0.0782. The average molecular weight is 429 g/mol. The fraction of sp³-hybridized carbons (Fsp3) is 0.259. The number of pyridine rings is 1. The quantitative estimate of drug-likeness (QED) is 0.531. The van der Waals surface area contributed by atoms with E-state index in [1.165, 1.54) is 12.8 Å². The molecule has 0 atom stereocenters. The molecule has 3 aromatic rings. The molecule has 0 unspecified atom stereocenters. The highest BCUT2D eigenvalue weighted by molar-refractivity contribution is 5.93. The Labute approximate surface area is 189 Å². The van der Waals surface area contributed by atoms with Crippen LogP contribution in [0.4, 0.5) is 0 Å². The maximum absolute atomic E-state index is 12.9. The molecular formula is C27H28N2O3. The summed E-state index contributed by atoms with van der Waals surface area (Å²) in [7, 11) is 1.64. The Morgan fingerprint density at radius 2 is 1.78 bits per heavy atom. The fourth-order valence-electron chi connectivity index (χ4n) is 3.92. The third kappa shape index (κ3) is 5.76. The van der Waals surface area contributed by atoms with E-state index < -0.39 is 0 Å². The molecule has 1 amide bonds. The zero-order valence-corrected chi connectivity index (χ0v) is 18.3. The topological polar surface area (TPSA) is 60.5 Å². The predicted molar refractivity (Wildman–Crippen MR) is 126 cm³/mol. The molecule has 1 aromatic heterocycles. The minimum absolute atomic E-state index is 0.0782. The van der Waals surface area contributed by atoms with E-state index in [0.717, 1.165) is 29.5 Å². The lowest BCUT2D eigenvalue weighted by Gasteiger charge is -2.18. The second-order valence-corrected chi connectivity index (χ2v) is 7.94. The standard InChI is InChI=1S/C27H28N2O3/c1-31-25-12-11-22(19-26(25)32-23-9-5-6-10-23)24(17-21-13-15-28-16-14-21)29-27(30)18-20-7-3-2-4-8-20/h2-4,7-8,11-17,19,23H,5-6,9-10,18H2,1H3,(H,29,30). The summed E-state index contributed by atoms with van der Waals surface area (Å²) >= 11 is 0. The Morgan fingerprint density at radius 1 is 1.03 bits per heavy atom. The monoisotopic (exact) mass is 428 g/mol. The molecule has 5 nitrogen and oxygen atoms in total. The van der Waals surface area contributed by atoms with Crippen molar-refractivity contribution in [3.05, 3.63) is 89.7 Å². The van der Waals surface area contributed by atoms with Crippen molar-refractivity contribution in [1.29, 1.82) is 0 Å². The maximum atomic E-state index is 12.9. The van der Waals surface area contributed by atoms with Crippen LogP contribution in [-0.4, -0.2) is 24.1 Å². The molecule has 1 fully saturated rings. The van der Waals surface area contributed by atoms with E-state index >= 15 is 0 Å². The normalized spacial score (nSPS) is 14.2. The summed E-state index contributed by atoms with van der Waals surface area (Å²) < 4.78 is 11.8. The molecule has 1 N–H and O–H groups in total. The second kappa shape index (κ2) is 10.6. The number of nitrogens with zero attached hydrogens (tertiary/aromatic N) is 1. The highest BCUT2D eigenvalue weighted by Crippen LogP contribution is 2.34. The first-order chi connectivity index (χ1) is 15.7. The summed E-state index contributed by atoms with van der Waals surface area (Å²) in [5.74, 6) is 1.32. The average Bonchev–Trinajstić information content (AvgIpc) is 3.33. The first kappa shape index (κ1) is 21.6. The number of hydrogen-bond acceptors (Lipinski definition) is 4. The van der Waals surface area contributed by atoms with E-state index in [-0.39, 0.29) is 12.0 Å². The van der Waals surface area contributed by atoms with Crippen LogP contribution < -0.4 is 14.8 Å². The van der Waals surface area contributed by atoms with Crippen molar-refractivity contribution in [2.45, 2.75) is 38.2 Å². The molecule has 164 valence electrons. The van der Waals surface area contributed by atoms with E-state index in [1.807, 2.05) is 66.7 Å². The highest BCUT2D eigenvalue weighted by Gasteiger charge is 2.19.